The van der Waals surface area contributed by atoms with Crippen LogP contribution >= 0.6 is 0 Å². The fourth-order valence-electron chi connectivity index (χ4n) is 5.13. The van der Waals surface area contributed by atoms with E-state index in [1.54, 1.807) is 14.2 Å². The van der Waals surface area contributed by atoms with Gasteiger partial charge >= 0.3 is 0 Å². The Morgan fingerprint density at radius 2 is 1.84 bits per heavy atom. The number of fused-ring (bicyclic) bond motifs is 2. The number of carbonyl (C=O) groups excluding carboxylic acids is 1. The number of benzene rings is 2. The molecule has 0 saturated carbocycles. The molecule has 0 bridgehead atoms. The number of para-hydroxylation sites is 2. The van der Waals surface area contributed by atoms with Crippen molar-refractivity contribution >= 4 is 39.6 Å². The summed E-state index contributed by atoms with van der Waals surface area (Å²) in [5, 5.41) is 4.28. The number of aromatic amines is 1. The van der Waals surface area contributed by atoms with Crippen LogP contribution in [0.2, 0.25) is 0 Å². The molecule has 1 aliphatic heterocycles. The summed E-state index contributed by atoms with van der Waals surface area (Å²) in [6.45, 7) is 7.33. The van der Waals surface area contributed by atoms with Crippen molar-refractivity contribution in [2.45, 2.75) is 33.2 Å². The molecular weight excluding hydrogens is 482 g/mol. The average molecular weight is 518 g/mol. The number of nitrogens with zero attached hydrogens (tertiary/aromatic N) is 5. The van der Waals surface area contributed by atoms with E-state index in [1.165, 1.54) is 0 Å². The van der Waals surface area contributed by atoms with Crippen molar-refractivity contribution in [3.05, 3.63) is 42.2 Å². The highest BCUT2D eigenvalue weighted by atomic mass is 16.5. The number of anilines is 2. The third-order valence-electron chi connectivity index (χ3n) is 7.18. The maximum atomic E-state index is 13.1. The molecule has 0 radical (unpaired) electrons. The zero-order chi connectivity index (χ0) is 26.6. The third kappa shape index (κ3) is 5.03. The van der Waals surface area contributed by atoms with Crippen molar-refractivity contribution in [1.82, 2.24) is 24.8 Å². The molecule has 2 N–H and O–H groups in total. The minimum Gasteiger partial charge on any atom is -0.493 e. The number of aromatic nitrogens is 4. The van der Waals surface area contributed by atoms with Gasteiger partial charge in [-0.1, -0.05) is 12.1 Å². The van der Waals surface area contributed by atoms with Crippen molar-refractivity contribution in [2.75, 3.05) is 50.6 Å². The van der Waals surface area contributed by atoms with E-state index < -0.39 is 0 Å². The van der Waals surface area contributed by atoms with Crippen LogP contribution in [0.25, 0.3) is 21.9 Å². The molecular formula is C28H35N7O3. The molecule has 10 heteroatoms. The second kappa shape index (κ2) is 11.1. The van der Waals surface area contributed by atoms with Gasteiger partial charge in [0.25, 0.3) is 0 Å². The second-order valence-corrected chi connectivity index (χ2v) is 9.45. The molecule has 0 aliphatic carbocycles. The predicted molar refractivity (Wildman–Crippen MR) is 149 cm³/mol. The summed E-state index contributed by atoms with van der Waals surface area (Å²) >= 11 is 0. The molecule has 200 valence electrons. The van der Waals surface area contributed by atoms with Gasteiger partial charge in [0.15, 0.2) is 11.5 Å². The number of piperidine rings is 1. The summed E-state index contributed by atoms with van der Waals surface area (Å²) in [5.74, 6) is 3.41. The standard InChI is InChI=1S/C28H35N7O3/c1-5-34(6-2)27(36)18-10-9-13-35(17-18)28-32-22-15-24(38-4)23(37-3)14-19(22)26(33-28)29-16-25-30-20-11-7-8-12-21(20)31-25/h7-8,11-12,14-15,18H,5-6,9-10,13,16-17H2,1-4H3,(H,30,31)(H,29,32,33). The summed E-state index contributed by atoms with van der Waals surface area (Å²) in [5.41, 5.74) is 2.64. The minimum absolute atomic E-state index is 0.0692. The van der Waals surface area contributed by atoms with E-state index in [0.29, 0.717) is 36.4 Å². The fourth-order valence-corrected chi connectivity index (χ4v) is 5.13. The number of amides is 1. The smallest absolute Gasteiger partial charge is 0.227 e. The molecule has 2 aromatic carbocycles. The number of H-pyrrole nitrogens is 1. The highest BCUT2D eigenvalue weighted by Gasteiger charge is 2.30. The van der Waals surface area contributed by atoms with E-state index in [-0.39, 0.29) is 11.8 Å². The molecule has 1 amide bonds. The van der Waals surface area contributed by atoms with Gasteiger partial charge in [-0.25, -0.2) is 9.97 Å². The third-order valence-corrected chi connectivity index (χ3v) is 7.18. The lowest BCUT2D eigenvalue weighted by Gasteiger charge is -2.34. The van der Waals surface area contributed by atoms with E-state index in [4.69, 9.17) is 19.4 Å². The molecule has 2 aromatic heterocycles. The van der Waals surface area contributed by atoms with Crippen LogP contribution in [0.4, 0.5) is 11.8 Å². The largest absolute Gasteiger partial charge is 0.493 e. The number of nitrogens with one attached hydrogen (secondary N) is 2. The summed E-state index contributed by atoms with van der Waals surface area (Å²) in [6, 6.07) is 11.7. The summed E-state index contributed by atoms with van der Waals surface area (Å²) in [6.07, 6.45) is 1.79. The molecule has 10 nitrogen and oxygen atoms in total. The predicted octanol–water partition coefficient (Wildman–Crippen LogP) is 4.22. The van der Waals surface area contributed by atoms with E-state index in [2.05, 4.69) is 20.2 Å². The maximum Gasteiger partial charge on any atom is 0.227 e. The second-order valence-electron chi connectivity index (χ2n) is 9.45. The lowest BCUT2D eigenvalue weighted by atomic mass is 9.96. The lowest BCUT2D eigenvalue weighted by molar-refractivity contribution is -0.135. The van der Waals surface area contributed by atoms with Gasteiger partial charge in [0.2, 0.25) is 11.9 Å². The number of imidazole rings is 1. The lowest BCUT2D eigenvalue weighted by Crippen LogP contribution is -2.45. The normalized spacial score (nSPS) is 15.6. The molecule has 38 heavy (non-hydrogen) atoms. The van der Waals surface area contributed by atoms with Crippen LogP contribution in [0.3, 0.4) is 0 Å². The van der Waals surface area contributed by atoms with Crippen molar-refractivity contribution in [2.24, 2.45) is 5.92 Å². The SMILES string of the molecule is CCN(CC)C(=O)C1CCCN(c2nc(NCc3nc4ccccc4[nH]3)c3cc(OC)c(OC)cc3n2)C1. The Morgan fingerprint density at radius 1 is 1.08 bits per heavy atom. The summed E-state index contributed by atoms with van der Waals surface area (Å²) < 4.78 is 11.1. The van der Waals surface area contributed by atoms with Crippen LogP contribution in [0.5, 0.6) is 11.5 Å². The van der Waals surface area contributed by atoms with Crippen LogP contribution in [-0.4, -0.2) is 71.1 Å². The first-order valence-electron chi connectivity index (χ1n) is 13.2. The summed E-state index contributed by atoms with van der Waals surface area (Å²) in [4.78, 5) is 35.0. The van der Waals surface area contributed by atoms with Gasteiger partial charge in [-0.15, -0.1) is 0 Å². The first kappa shape index (κ1) is 25.6. The minimum atomic E-state index is -0.0692. The van der Waals surface area contributed by atoms with Crippen molar-refractivity contribution < 1.29 is 14.3 Å². The Balaban J connectivity index is 1.49. The van der Waals surface area contributed by atoms with Crippen LogP contribution in [0.1, 0.15) is 32.5 Å². The van der Waals surface area contributed by atoms with Crippen LogP contribution in [0.15, 0.2) is 36.4 Å². The number of methoxy groups -OCH3 is 2. The molecule has 1 aliphatic rings. The van der Waals surface area contributed by atoms with Gasteiger partial charge in [0, 0.05) is 37.6 Å². The van der Waals surface area contributed by atoms with E-state index in [1.807, 2.05) is 55.1 Å². The molecule has 0 spiro atoms. The van der Waals surface area contributed by atoms with Crippen LogP contribution in [0, 0.1) is 5.92 Å². The molecule has 1 atom stereocenters. The summed E-state index contributed by atoms with van der Waals surface area (Å²) in [7, 11) is 3.22. The van der Waals surface area contributed by atoms with E-state index >= 15 is 0 Å². The topological polar surface area (TPSA) is 109 Å². The van der Waals surface area contributed by atoms with Gasteiger partial charge in [-0.2, -0.15) is 4.98 Å². The molecule has 4 aromatic rings. The van der Waals surface area contributed by atoms with E-state index in [9.17, 15) is 4.79 Å². The maximum absolute atomic E-state index is 13.1. The van der Waals surface area contributed by atoms with Crippen LogP contribution < -0.4 is 19.7 Å². The molecule has 1 fully saturated rings. The number of ether oxygens (including phenoxy) is 2. The number of carbonyl (C=O) groups is 1. The van der Waals surface area contributed by atoms with Crippen LogP contribution in [-0.2, 0) is 11.3 Å². The molecule has 1 saturated heterocycles. The van der Waals surface area contributed by atoms with Gasteiger partial charge in [-0.05, 0) is 44.9 Å². The van der Waals surface area contributed by atoms with Gasteiger partial charge in [0.1, 0.15) is 11.6 Å². The number of hydrogen-bond acceptors (Lipinski definition) is 8. The zero-order valence-electron chi connectivity index (χ0n) is 22.5. The number of rotatable bonds is 9. The monoisotopic (exact) mass is 517 g/mol. The Morgan fingerprint density at radius 3 is 2.58 bits per heavy atom. The van der Waals surface area contributed by atoms with Crippen molar-refractivity contribution in [3.63, 3.8) is 0 Å². The van der Waals surface area contributed by atoms with Crippen molar-refractivity contribution in [1.29, 1.82) is 0 Å². The van der Waals surface area contributed by atoms with Gasteiger partial charge < -0.3 is 29.6 Å². The first-order valence-corrected chi connectivity index (χ1v) is 13.2. The highest BCUT2D eigenvalue weighted by Crippen LogP contribution is 2.36. The quantitative estimate of drug-likeness (QED) is 0.340. The first-order chi connectivity index (χ1) is 18.5. The van der Waals surface area contributed by atoms with E-state index in [0.717, 1.165) is 60.2 Å². The zero-order valence-corrected chi connectivity index (χ0v) is 22.5. The average Bonchev–Trinajstić information content (AvgIpc) is 3.38. The molecule has 3 heterocycles. The van der Waals surface area contributed by atoms with Gasteiger partial charge in [-0.3, -0.25) is 4.79 Å². The Labute approximate surface area is 222 Å². The Kier molecular flexibility index (Phi) is 7.48. The Hall–Kier alpha value is -4.08. The molecule has 1 unspecified atom stereocenters. The number of hydrogen-bond donors (Lipinski definition) is 2. The fraction of sp³-hybridized carbons (Fsp3) is 0.429. The van der Waals surface area contributed by atoms with Gasteiger partial charge in [0.05, 0.1) is 43.2 Å². The molecule has 5 rings (SSSR count). The van der Waals surface area contributed by atoms with Crippen molar-refractivity contribution in [3.8, 4) is 11.5 Å². The highest BCUT2D eigenvalue weighted by molar-refractivity contribution is 5.93. The Bertz CT molecular complexity index is 1400.